The average molecular weight is 214 g/mol. The van der Waals surface area contributed by atoms with Crippen molar-refractivity contribution in [3.63, 3.8) is 0 Å². The van der Waals surface area contributed by atoms with Gasteiger partial charge in [0.1, 0.15) is 0 Å². The molecular formula is C10H18N2O3. The van der Waals surface area contributed by atoms with Crippen LogP contribution in [0.5, 0.6) is 0 Å². The van der Waals surface area contributed by atoms with Crippen molar-refractivity contribution in [2.24, 2.45) is 5.92 Å². The molecule has 1 fully saturated rings. The van der Waals surface area contributed by atoms with Gasteiger partial charge in [-0.3, -0.25) is 14.5 Å². The number of carbonyl (C=O) groups excluding carboxylic acids is 1. The highest BCUT2D eigenvalue weighted by Gasteiger charge is 2.32. The van der Waals surface area contributed by atoms with E-state index in [2.05, 4.69) is 5.32 Å². The first kappa shape index (κ1) is 12.0. The normalized spacial score (nSPS) is 23.7. The molecule has 5 nitrogen and oxygen atoms in total. The third-order valence-electron chi connectivity index (χ3n) is 2.85. The number of nitrogens with zero attached hydrogens (tertiary/aromatic N) is 1. The second kappa shape index (κ2) is 5.11. The Balaban J connectivity index is 2.46. The van der Waals surface area contributed by atoms with Gasteiger partial charge in [0.15, 0.2) is 0 Å². The van der Waals surface area contributed by atoms with E-state index in [1.54, 1.807) is 0 Å². The van der Waals surface area contributed by atoms with Crippen molar-refractivity contribution >= 4 is 11.9 Å². The maximum absolute atomic E-state index is 11.5. The van der Waals surface area contributed by atoms with Crippen LogP contribution in [0.4, 0.5) is 0 Å². The molecule has 0 bridgehead atoms. The lowest BCUT2D eigenvalue weighted by Gasteiger charge is -2.22. The Hall–Kier alpha value is -1.10. The molecule has 1 amide bonds. The molecule has 2 N–H and O–H groups in total. The number of rotatable bonds is 4. The molecule has 2 unspecified atom stereocenters. The molecule has 86 valence electrons. The van der Waals surface area contributed by atoms with E-state index in [1.807, 2.05) is 18.7 Å². The first-order valence-corrected chi connectivity index (χ1v) is 5.30. The van der Waals surface area contributed by atoms with E-state index in [0.29, 0.717) is 26.1 Å². The molecule has 1 rings (SSSR count). The van der Waals surface area contributed by atoms with E-state index < -0.39 is 5.97 Å². The van der Waals surface area contributed by atoms with Crippen LogP contribution in [0.1, 0.15) is 20.3 Å². The first-order chi connectivity index (χ1) is 7.06. The molecule has 5 heteroatoms. The lowest BCUT2D eigenvalue weighted by atomic mass is 10.1. The Morgan fingerprint density at radius 2 is 2.27 bits per heavy atom. The first-order valence-electron chi connectivity index (χ1n) is 5.30. The highest BCUT2D eigenvalue weighted by molar-refractivity contribution is 5.81. The van der Waals surface area contributed by atoms with Crippen molar-refractivity contribution < 1.29 is 14.7 Å². The van der Waals surface area contributed by atoms with Crippen molar-refractivity contribution in [2.75, 3.05) is 19.6 Å². The molecule has 0 aromatic heterocycles. The van der Waals surface area contributed by atoms with Gasteiger partial charge in [-0.1, -0.05) is 0 Å². The molecule has 0 radical (unpaired) electrons. The number of amides is 1. The minimum atomic E-state index is -0.763. The fourth-order valence-corrected chi connectivity index (χ4v) is 1.83. The minimum Gasteiger partial charge on any atom is -0.481 e. The zero-order valence-corrected chi connectivity index (χ0v) is 9.19. The number of likely N-dealkylation sites (N-methyl/N-ethyl adjacent to an activating group) is 1. The van der Waals surface area contributed by atoms with Crippen LogP contribution in [0.3, 0.4) is 0 Å². The van der Waals surface area contributed by atoms with Gasteiger partial charge in [-0.2, -0.15) is 0 Å². The molecular weight excluding hydrogens is 196 g/mol. The Morgan fingerprint density at radius 1 is 1.60 bits per heavy atom. The van der Waals surface area contributed by atoms with E-state index >= 15 is 0 Å². The molecule has 1 aliphatic heterocycles. The Morgan fingerprint density at radius 3 is 2.73 bits per heavy atom. The van der Waals surface area contributed by atoms with Gasteiger partial charge in [0.25, 0.3) is 0 Å². The zero-order valence-electron chi connectivity index (χ0n) is 9.19. The van der Waals surface area contributed by atoms with Gasteiger partial charge >= 0.3 is 5.97 Å². The molecule has 1 heterocycles. The van der Waals surface area contributed by atoms with Crippen LogP contribution < -0.4 is 5.32 Å². The molecule has 0 aromatic carbocycles. The second-order valence-corrected chi connectivity index (χ2v) is 3.89. The van der Waals surface area contributed by atoms with Gasteiger partial charge in [0, 0.05) is 13.1 Å². The summed E-state index contributed by atoms with van der Waals surface area (Å²) in [6, 6.07) is -0.228. The number of nitrogens with one attached hydrogen (secondary N) is 1. The van der Waals surface area contributed by atoms with Gasteiger partial charge in [-0.05, 0) is 26.8 Å². The lowest BCUT2D eigenvalue weighted by Crippen LogP contribution is -2.44. The third-order valence-corrected chi connectivity index (χ3v) is 2.85. The maximum Gasteiger partial charge on any atom is 0.307 e. The number of likely N-dealkylation sites (tertiary alicyclic amines) is 1. The predicted octanol–water partition coefficient (Wildman–Crippen LogP) is -0.0825. The summed E-state index contributed by atoms with van der Waals surface area (Å²) >= 11 is 0. The monoisotopic (exact) mass is 214 g/mol. The Kier molecular flexibility index (Phi) is 4.08. The van der Waals surface area contributed by atoms with Crippen molar-refractivity contribution in [1.29, 1.82) is 0 Å². The maximum atomic E-state index is 11.5. The summed E-state index contributed by atoms with van der Waals surface area (Å²) in [4.78, 5) is 24.2. The van der Waals surface area contributed by atoms with Gasteiger partial charge in [-0.25, -0.2) is 0 Å². The smallest absolute Gasteiger partial charge is 0.307 e. The summed E-state index contributed by atoms with van der Waals surface area (Å²) in [5, 5.41) is 11.6. The van der Waals surface area contributed by atoms with E-state index in [1.165, 1.54) is 0 Å². The van der Waals surface area contributed by atoms with Crippen molar-refractivity contribution in [1.82, 2.24) is 10.2 Å². The summed E-state index contributed by atoms with van der Waals surface area (Å²) in [7, 11) is 0. The van der Waals surface area contributed by atoms with E-state index in [-0.39, 0.29) is 17.9 Å². The molecule has 0 aromatic rings. The molecule has 0 aliphatic carbocycles. The summed E-state index contributed by atoms with van der Waals surface area (Å²) < 4.78 is 0. The number of hydrogen-bond donors (Lipinski definition) is 2. The number of hydrogen-bond acceptors (Lipinski definition) is 3. The number of carboxylic acids is 1. The molecule has 0 saturated carbocycles. The average Bonchev–Trinajstić information content (AvgIpc) is 2.65. The van der Waals surface area contributed by atoms with Crippen LogP contribution in [0.25, 0.3) is 0 Å². The SMILES string of the molecule is CCNC(=O)C(C)N1CCC(C(=O)O)C1. The van der Waals surface area contributed by atoms with Crippen molar-refractivity contribution in [3.8, 4) is 0 Å². The summed E-state index contributed by atoms with van der Waals surface area (Å²) in [5.74, 6) is -1.11. The summed E-state index contributed by atoms with van der Waals surface area (Å²) in [6.07, 6.45) is 0.638. The fourth-order valence-electron chi connectivity index (χ4n) is 1.83. The number of carbonyl (C=O) groups is 2. The molecule has 15 heavy (non-hydrogen) atoms. The summed E-state index contributed by atoms with van der Waals surface area (Å²) in [5.41, 5.74) is 0. The van der Waals surface area contributed by atoms with Crippen LogP contribution in [0.15, 0.2) is 0 Å². The fraction of sp³-hybridized carbons (Fsp3) is 0.800. The molecule has 1 saturated heterocycles. The zero-order chi connectivity index (χ0) is 11.4. The van der Waals surface area contributed by atoms with Crippen LogP contribution >= 0.6 is 0 Å². The standard InChI is InChI=1S/C10H18N2O3/c1-3-11-9(13)7(2)12-5-4-8(6-12)10(14)15/h7-8H,3-6H2,1-2H3,(H,11,13)(H,14,15). The lowest BCUT2D eigenvalue weighted by molar-refractivity contribution is -0.141. The van der Waals surface area contributed by atoms with Gasteiger partial charge < -0.3 is 10.4 Å². The largest absolute Gasteiger partial charge is 0.481 e. The number of carboxylic acid groups (broad SMARTS) is 1. The van der Waals surface area contributed by atoms with E-state index in [9.17, 15) is 9.59 Å². The highest BCUT2D eigenvalue weighted by Crippen LogP contribution is 2.18. The highest BCUT2D eigenvalue weighted by atomic mass is 16.4. The molecule has 0 spiro atoms. The van der Waals surface area contributed by atoms with Crippen LogP contribution in [0, 0.1) is 5.92 Å². The quantitative estimate of drug-likeness (QED) is 0.686. The van der Waals surface area contributed by atoms with Crippen LogP contribution in [0.2, 0.25) is 0 Å². The second-order valence-electron chi connectivity index (χ2n) is 3.89. The van der Waals surface area contributed by atoms with Crippen molar-refractivity contribution in [3.05, 3.63) is 0 Å². The molecule has 1 aliphatic rings. The summed E-state index contributed by atoms with van der Waals surface area (Å²) in [6.45, 7) is 5.46. The van der Waals surface area contributed by atoms with E-state index in [4.69, 9.17) is 5.11 Å². The van der Waals surface area contributed by atoms with Crippen LogP contribution in [-0.4, -0.2) is 47.6 Å². The topological polar surface area (TPSA) is 69.6 Å². The van der Waals surface area contributed by atoms with Crippen molar-refractivity contribution in [2.45, 2.75) is 26.3 Å². The van der Waals surface area contributed by atoms with Gasteiger partial charge in [0.2, 0.25) is 5.91 Å². The Labute approximate surface area is 89.4 Å². The van der Waals surface area contributed by atoms with E-state index in [0.717, 1.165) is 0 Å². The van der Waals surface area contributed by atoms with Gasteiger partial charge in [0.05, 0.1) is 12.0 Å². The van der Waals surface area contributed by atoms with Gasteiger partial charge in [-0.15, -0.1) is 0 Å². The predicted molar refractivity (Wildman–Crippen MR) is 55.5 cm³/mol. The molecule has 2 atom stereocenters. The minimum absolute atomic E-state index is 0.0245. The third kappa shape index (κ3) is 2.92. The Bertz CT molecular complexity index is 255. The van der Waals surface area contributed by atoms with Crippen LogP contribution in [-0.2, 0) is 9.59 Å². The number of aliphatic carboxylic acids is 1.